The maximum atomic E-state index is 14.0. The van der Waals surface area contributed by atoms with Crippen LogP contribution in [0.1, 0.15) is 43.2 Å². The Labute approximate surface area is 191 Å². The second kappa shape index (κ2) is 10.8. The van der Waals surface area contributed by atoms with Crippen molar-refractivity contribution in [1.82, 2.24) is 15.5 Å². The van der Waals surface area contributed by atoms with Crippen LogP contribution in [-0.4, -0.2) is 50.2 Å². The van der Waals surface area contributed by atoms with E-state index < -0.39 is 0 Å². The molecular formula is C26H35FN4O. The standard InChI is InChI=1S/C26H35FN4O/c1-3-28-26(29-17-21-16-23(21)20-7-5-4-6-8-20)30-22-11-13-31(14-12-22)18-19-9-10-25(32-2)24(27)15-19/h4-10,15,21-23H,3,11-14,16-18H2,1-2H3,(H2,28,29,30). The molecule has 2 aliphatic rings. The number of guanidine groups is 1. The van der Waals surface area contributed by atoms with Gasteiger partial charge in [0.2, 0.25) is 0 Å². The van der Waals surface area contributed by atoms with Crippen LogP contribution in [0.2, 0.25) is 0 Å². The molecule has 1 aliphatic carbocycles. The number of nitrogens with zero attached hydrogens (tertiary/aromatic N) is 2. The monoisotopic (exact) mass is 438 g/mol. The zero-order chi connectivity index (χ0) is 22.3. The number of halogens is 1. The van der Waals surface area contributed by atoms with Crippen molar-refractivity contribution in [3.8, 4) is 5.75 Å². The van der Waals surface area contributed by atoms with Crippen molar-refractivity contribution in [1.29, 1.82) is 0 Å². The van der Waals surface area contributed by atoms with Crippen molar-refractivity contribution in [3.63, 3.8) is 0 Å². The third-order valence-electron chi connectivity index (χ3n) is 6.53. The molecule has 0 aromatic heterocycles. The lowest BCUT2D eigenvalue weighted by atomic mass is 10.0. The number of piperidine rings is 1. The van der Waals surface area contributed by atoms with Crippen molar-refractivity contribution in [2.24, 2.45) is 10.9 Å². The highest BCUT2D eigenvalue weighted by molar-refractivity contribution is 5.80. The van der Waals surface area contributed by atoms with Gasteiger partial charge in [0.25, 0.3) is 0 Å². The Morgan fingerprint density at radius 3 is 2.62 bits per heavy atom. The lowest BCUT2D eigenvalue weighted by molar-refractivity contribution is 0.198. The van der Waals surface area contributed by atoms with E-state index in [9.17, 15) is 4.39 Å². The second-order valence-corrected chi connectivity index (χ2v) is 8.90. The van der Waals surface area contributed by atoms with Crippen molar-refractivity contribution in [2.75, 3.05) is 33.3 Å². The maximum Gasteiger partial charge on any atom is 0.191 e. The van der Waals surface area contributed by atoms with E-state index in [1.807, 2.05) is 6.07 Å². The van der Waals surface area contributed by atoms with Gasteiger partial charge in [-0.2, -0.15) is 0 Å². The van der Waals surface area contributed by atoms with Crippen molar-refractivity contribution in [3.05, 3.63) is 65.5 Å². The minimum atomic E-state index is -0.293. The molecule has 32 heavy (non-hydrogen) atoms. The first-order chi connectivity index (χ1) is 15.7. The SMILES string of the molecule is CCNC(=NCC1CC1c1ccccc1)NC1CCN(Cc2ccc(OC)c(F)c2)CC1. The van der Waals surface area contributed by atoms with E-state index in [4.69, 9.17) is 9.73 Å². The molecule has 1 heterocycles. The highest BCUT2D eigenvalue weighted by Crippen LogP contribution is 2.47. The molecule has 6 heteroatoms. The fourth-order valence-corrected chi connectivity index (χ4v) is 4.58. The van der Waals surface area contributed by atoms with Crippen LogP contribution >= 0.6 is 0 Å². The summed E-state index contributed by atoms with van der Waals surface area (Å²) in [4.78, 5) is 7.27. The van der Waals surface area contributed by atoms with Crippen LogP contribution in [0.3, 0.4) is 0 Å². The van der Waals surface area contributed by atoms with Crippen LogP contribution in [0.15, 0.2) is 53.5 Å². The molecule has 0 radical (unpaired) electrons. The van der Waals surface area contributed by atoms with Crippen LogP contribution in [-0.2, 0) is 6.54 Å². The summed E-state index contributed by atoms with van der Waals surface area (Å²) < 4.78 is 19.0. The average Bonchev–Trinajstić information content (AvgIpc) is 3.59. The van der Waals surface area contributed by atoms with Gasteiger partial charge in [0.1, 0.15) is 0 Å². The highest BCUT2D eigenvalue weighted by Gasteiger charge is 2.37. The Morgan fingerprint density at radius 1 is 1.16 bits per heavy atom. The molecule has 2 fully saturated rings. The normalized spacial score (nSPS) is 21.9. The van der Waals surface area contributed by atoms with E-state index >= 15 is 0 Å². The summed E-state index contributed by atoms with van der Waals surface area (Å²) in [7, 11) is 1.49. The van der Waals surface area contributed by atoms with Crippen molar-refractivity contribution >= 4 is 5.96 Å². The first-order valence-corrected chi connectivity index (χ1v) is 11.8. The highest BCUT2D eigenvalue weighted by atomic mass is 19.1. The molecule has 1 saturated heterocycles. The molecule has 4 rings (SSSR count). The van der Waals surface area contributed by atoms with Gasteiger partial charge in [-0.05, 0) is 61.3 Å². The molecular weight excluding hydrogens is 403 g/mol. The second-order valence-electron chi connectivity index (χ2n) is 8.90. The third kappa shape index (κ3) is 6.00. The first-order valence-electron chi connectivity index (χ1n) is 11.8. The lowest BCUT2D eigenvalue weighted by Gasteiger charge is -2.33. The zero-order valence-corrected chi connectivity index (χ0v) is 19.2. The number of nitrogens with one attached hydrogen (secondary N) is 2. The molecule has 0 amide bonds. The van der Waals surface area contributed by atoms with Gasteiger partial charge in [0.05, 0.1) is 7.11 Å². The average molecular weight is 439 g/mol. The van der Waals surface area contributed by atoms with Gasteiger partial charge in [-0.1, -0.05) is 36.4 Å². The maximum absolute atomic E-state index is 14.0. The number of methoxy groups -OCH3 is 1. The van der Waals surface area contributed by atoms with Gasteiger partial charge in [-0.25, -0.2) is 4.39 Å². The first kappa shape index (κ1) is 22.6. The predicted octanol–water partition coefficient (Wildman–Crippen LogP) is 4.16. The molecule has 2 aromatic rings. The van der Waals surface area contributed by atoms with Gasteiger partial charge in [0.15, 0.2) is 17.5 Å². The summed E-state index contributed by atoms with van der Waals surface area (Å²) in [6.07, 6.45) is 3.34. The van der Waals surface area contributed by atoms with Gasteiger partial charge in [0, 0.05) is 38.8 Å². The smallest absolute Gasteiger partial charge is 0.191 e. The number of hydrogen-bond acceptors (Lipinski definition) is 3. The zero-order valence-electron chi connectivity index (χ0n) is 19.2. The molecule has 2 atom stereocenters. The van der Waals surface area contributed by atoms with Crippen LogP contribution in [0, 0.1) is 11.7 Å². The fraction of sp³-hybridized carbons (Fsp3) is 0.500. The van der Waals surface area contributed by atoms with E-state index in [-0.39, 0.29) is 5.82 Å². The Kier molecular flexibility index (Phi) is 7.63. The van der Waals surface area contributed by atoms with Gasteiger partial charge in [-0.3, -0.25) is 9.89 Å². The molecule has 1 aliphatic heterocycles. The third-order valence-corrected chi connectivity index (χ3v) is 6.53. The van der Waals surface area contributed by atoms with Crippen LogP contribution in [0.5, 0.6) is 5.75 Å². The molecule has 1 saturated carbocycles. The molecule has 5 nitrogen and oxygen atoms in total. The molecule has 2 aromatic carbocycles. The number of ether oxygens (including phenoxy) is 1. The number of rotatable bonds is 8. The number of aliphatic imine (C=N–C) groups is 1. The minimum absolute atomic E-state index is 0.293. The van der Waals surface area contributed by atoms with E-state index in [1.54, 1.807) is 12.1 Å². The van der Waals surface area contributed by atoms with Gasteiger partial charge >= 0.3 is 0 Å². The van der Waals surface area contributed by atoms with Crippen LogP contribution in [0.4, 0.5) is 4.39 Å². The van der Waals surface area contributed by atoms with Crippen molar-refractivity contribution in [2.45, 2.75) is 44.7 Å². The molecule has 172 valence electrons. The summed E-state index contributed by atoms with van der Waals surface area (Å²) in [5.41, 5.74) is 2.43. The molecule has 2 unspecified atom stereocenters. The Bertz CT molecular complexity index is 896. The quantitative estimate of drug-likeness (QED) is 0.480. The Balaban J connectivity index is 1.23. The topological polar surface area (TPSA) is 48.9 Å². The van der Waals surface area contributed by atoms with Crippen molar-refractivity contribution < 1.29 is 9.13 Å². The van der Waals surface area contributed by atoms with E-state index in [1.165, 1.54) is 19.1 Å². The molecule has 0 bridgehead atoms. The summed E-state index contributed by atoms with van der Waals surface area (Å²) in [6, 6.07) is 16.4. The predicted molar refractivity (Wildman–Crippen MR) is 128 cm³/mol. The minimum Gasteiger partial charge on any atom is -0.494 e. The largest absolute Gasteiger partial charge is 0.494 e. The number of likely N-dealkylation sites (tertiary alicyclic amines) is 1. The van der Waals surface area contributed by atoms with E-state index in [2.05, 4.69) is 52.8 Å². The summed E-state index contributed by atoms with van der Waals surface area (Å²) >= 11 is 0. The molecule has 0 spiro atoms. The van der Waals surface area contributed by atoms with E-state index in [0.717, 1.165) is 57.1 Å². The van der Waals surface area contributed by atoms with Crippen LogP contribution in [0.25, 0.3) is 0 Å². The lowest BCUT2D eigenvalue weighted by Crippen LogP contribution is -2.48. The Hall–Kier alpha value is -2.60. The summed E-state index contributed by atoms with van der Waals surface area (Å²) in [6.45, 7) is 6.59. The fourth-order valence-electron chi connectivity index (χ4n) is 4.58. The molecule has 2 N–H and O–H groups in total. The van der Waals surface area contributed by atoms with Gasteiger partial charge in [-0.15, -0.1) is 0 Å². The number of benzene rings is 2. The van der Waals surface area contributed by atoms with Gasteiger partial charge < -0.3 is 15.4 Å². The van der Waals surface area contributed by atoms with Crippen LogP contribution < -0.4 is 15.4 Å². The van der Waals surface area contributed by atoms with E-state index in [0.29, 0.717) is 23.6 Å². The summed E-state index contributed by atoms with van der Waals surface area (Å²) in [5, 5.41) is 7.05. The Morgan fingerprint density at radius 2 is 1.94 bits per heavy atom. The summed E-state index contributed by atoms with van der Waals surface area (Å²) in [5.74, 6) is 2.25. The number of hydrogen-bond donors (Lipinski definition) is 2.